The van der Waals surface area contributed by atoms with Crippen molar-refractivity contribution in [2.24, 2.45) is 0 Å². The van der Waals surface area contributed by atoms with Gasteiger partial charge in [0, 0.05) is 0 Å². The summed E-state index contributed by atoms with van der Waals surface area (Å²) in [7, 11) is -15.9. The van der Waals surface area contributed by atoms with Gasteiger partial charge in [-0.25, -0.2) is 12.5 Å². The van der Waals surface area contributed by atoms with Crippen LogP contribution < -0.4 is 0 Å². The van der Waals surface area contributed by atoms with Crippen LogP contribution in [0.3, 0.4) is 0 Å². The SMILES string of the molecule is O=S(=O)(O)OCC1OC(O)C(OS(=O)(=O)O)C(O)C1OC1OC(CO)C(O)C(O)C1OS(=O)(=O)O. The Morgan fingerprint density at radius 3 is 1.69 bits per heavy atom. The first-order valence-corrected chi connectivity index (χ1v) is 13.1. The Hall–Kier alpha value is -0.710. The fourth-order valence-corrected chi connectivity index (χ4v) is 4.45. The second-order valence-electron chi connectivity index (χ2n) is 7.05. The summed E-state index contributed by atoms with van der Waals surface area (Å²) in [5, 5.41) is 49.8. The van der Waals surface area contributed by atoms with Crippen molar-refractivity contribution in [1.82, 2.24) is 0 Å². The van der Waals surface area contributed by atoms with Crippen LogP contribution in [-0.2, 0) is 58.0 Å². The lowest BCUT2D eigenvalue weighted by molar-refractivity contribution is -0.349. The molecule has 208 valence electrons. The minimum Gasteiger partial charge on any atom is -0.394 e. The fourth-order valence-electron chi connectivity index (χ4n) is 3.17. The summed E-state index contributed by atoms with van der Waals surface area (Å²) in [5.74, 6) is 0. The molecule has 10 atom stereocenters. The van der Waals surface area contributed by atoms with E-state index < -0.39 is 106 Å². The van der Waals surface area contributed by atoms with E-state index in [1.807, 2.05) is 0 Å². The second kappa shape index (κ2) is 11.4. The maximum absolute atomic E-state index is 11.2. The highest BCUT2D eigenvalue weighted by Crippen LogP contribution is 2.32. The van der Waals surface area contributed by atoms with Crippen molar-refractivity contribution in [3.8, 4) is 0 Å². The Kier molecular flexibility index (Phi) is 9.90. The number of hydrogen-bond donors (Lipinski definition) is 8. The van der Waals surface area contributed by atoms with Crippen LogP contribution in [-0.4, -0.2) is 139 Å². The molecule has 23 heteroatoms. The van der Waals surface area contributed by atoms with Crippen molar-refractivity contribution in [2.75, 3.05) is 13.2 Å². The van der Waals surface area contributed by atoms with Gasteiger partial charge in [0.1, 0.15) is 36.6 Å². The van der Waals surface area contributed by atoms with E-state index >= 15 is 0 Å². The molecular formula is C12H22O20S3. The molecule has 2 fully saturated rings. The Labute approximate surface area is 197 Å². The monoisotopic (exact) mass is 582 g/mol. The molecule has 0 bridgehead atoms. The summed E-state index contributed by atoms with van der Waals surface area (Å²) in [6, 6.07) is 0. The third-order valence-corrected chi connectivity index (χ3v) is 5.96. The van der Waals surface area contributed by atoms with Crippen LogP contribution in [0.4, 0.5) is 0 Å². The molecular weight excluding hydrogens is 560 g/mol. The van der Waals surface area contributed by atoms with Crippen LogP contribution in [0, 0.1) is 0 Å². The smallest absolute Gasteiger partial charge is 0.394 e. The molecule has 8 N–H and O–H groups in total. The highest BCUT2D eigenvalue weighted by molar-refractivity contribution is 7.81. The molecule has 35 heavy (non-hydrogen) atoms. The van der Waals surface area contributed by atoms with Gasteiger partial charge in [-0.15, -0.1) is 0 Å². The fraction of sp³-hybridized carbons (Fsp3) is 1.00. The van der Waals surface area contributed by atoms with Gasteiger partial charge in [0.15, 0.2) is 24.8 Å². The number of aliphatic hydroxyl groups excluding tert-OH is 5. The Balaban J connectivity index is 2.42. The maximum atomic E-state index is 11.2. The minimum absolute atomic E-state index is 1.01. The second-order valence-corrected chi connectivity index (χ2v) is 10.2. The van der Waals surface area contributed by atoms with Gasteiger partial charge in [-0.3, -0.25) is 13.7 Å². The van der Waals surface area contributed by atoms with Crippen molar-refractivity contribution < 1.29 is 91.2 Å². The Morgan fingerprint density at radius 1 is 0.657 bits per heavy atom. The minimum atomic E-state index is -5.38. The zero-order valence-corrected chi connectivity index (χ0v) is 19.3. The van der Waals surface area contributed by atoms with E-state index in [9.17, 15) is 50.8 Å². The summed E-state index contributed by atoms with van der Waals surface area (Å²) in [4.78, 5) is 0. The van der Waals surface area contributed by atoms with Gasteiger partial charge < -0.3 is 39.7 Å². The highest BCUT2D eigenvalue weighted by Gasteiger charge is 2.53. The first kappa shape index (κ1) is 30.5. The lowest BCUT2D eigenvalue weighted by atomic mass is 9.97. The maximum Gasteiger partial charge on any atom is 0.397 e. The van der Waals surface area contributed by atoms with E-state index in [-0.39, 0.29) is 0 Å². The van der Waals surface area contributed by atoms with E-state index in [2.05, 4.69) is 12.5 Å². The molecule has 0 aliphatic carbocycles. The molecule has 0 aromatic rings. The standard InChI is InChI=1S/C12H22O20S3/c13-1-3-5(14)6(15)10(32-35(24,25)26)12(29-3)30-8-4(2-27-33(18,19)20)28-11(17)9(7(8)16)31-34(21,22)23/h3-17H,1-2H2,(H,18,19,20)(H,21,22,23)(H,24,25,26). The molecule has 0 aromatic carbocycles. The van der Waals surface area contributed by atoms with Crippen LogP contribution in [0.2, 0.25) is 0 Å². The van der Waals surface area contributed by atoms with E-state index in [4.69, 9.17) is 27.9 Å². The predicted octanol–water partition coefficient (Wildman–Crippen LogP) is -5.92. The third kappa shape index (κ3) is 8.68. The quantitative estimate of drug-likeness (QED) is 0.111. The number of ether oxygens (including phenoxy) is 3. The number of aliphatic hydroxyl groups is 5. The predicted molar refractivity (Wildman–Crippen MR) is 99.9 cm³/mol. The molecule has 0 aromatic heterocycles. The van der Waals surface area contributed by atoms with Gasteiger partial charge in [0.2, 0.25) is 0 Å². The molecule has 0 saturated carbocycles. The molecule has 0 amide bonds. The average molecular weight is 582 g/mol. The van der Waals surface area contributed by atoms with Gasteiger partial charge >= 0.3 is 31.2 Å². The lowest BCUT2D eigenvalue weighted by Crippen LogP contribution is -2.65. The molecule has 0 radical (unpaired) electrons. The van der Waals surface area contributed by atoms with Gasteiger partial charge in [0.05, 0.1) is 13.2 Å². The normalized spacial score (nSPS) is 39.4. The van der Waals surface area contributed by atoms with E-state index in [0.29, 0.717) is 0 Å². The average Bonchev–Trinajstić information content (AvgIpc) is 2.69. The summed E-state index contributed by atoms with van der Waals surface area (Å²) in [6.07, 6.45) is -21.9. The molecule has 2 aliphatic heterocycles. The van der Waals surface area contributed by atoms with Crippen molar-refractivity contribution in [2.45, 2.75) is 61.4 Å². The van der Waals surface area contributed by atoms with Crippen LogP contribution in [0.15, 0.2) is 0 Å². The van der Waals surface area contributed by atoms with Gasteiger partial charge in [0.25, 0.3) is 0 Å². The number of hydrogen-bond acceptors (Lipinski definition) is 17. The Morgan fingerprint density at radius 2 is 1.20 bits per heavy atom. The van der Waals surface area contributed by atoms with Crippen molar-refractivity contribution >= 4 is 31.2 Å². The molecule has 2 rings (SSSR count). The molecule has 10 unspecified atom stereocenters. The highest BCUT2D eigenvalue weighted by atomic mass is 32.3. The first-order valence-electron chi connectivity index (χ1n) is 9.05. The summed E-state index contributed by atoms with van der Waals surface area (Å²) < 4.78 is 120. The summed E-state index contributed by atoms with van der Waals surface area (Å²) >= 11 is 0. The van der Waals surface area contributed by atoms with Crippen LogP contribution in [0.25, 0.3) is 0 Å². The van der Waals surface area contributed by atoms with Crippen molar-refractivity contribution in [3.63, 3.8) is 0 Å². The van der Waals surface area contributed by atoms with E-state index in [1.54, 1.807) is 0 Å². The largest absolute Gasteiger partial charge is 0.397 e. The molecule has 20 nitrogen and oxygen atoms in total. The summed E-state index contributed by atoms with van der Waals surface area (Å²) in [6.45, 7) is -2.26. The third-order valence-electron chi connectivity index (χ3n) is 4.60. The van der Waals surface area contributed by atoms with Gasteiger partial charge in [-0.1, -0.05) is 0 Å². The van der Waals surface area contributed by atoms with Gasteiger partial charge in [-0.2, -0.15) is 25.3 Å². The van der Waals surface area contributed by atoms with Crippen LogP contribution in [0.1, 0.15) is 0 Å². The molecule has 2 heterocycles. The van der Waals surface area contributed by atoms with Crippen LogP contribution >= 0.6 is 0 Å². The van der Waals surface area contributed by atoms with Crippen LogP contribution in [0.5, 0.6) is 0 Å². The lowest BCUT2D eigenvalue weighted by Gasteiger charge is -2.46. The van der Waals surface area contributed by atoms with E-state index in [0.717, 1.165) is 0 Å². The van der Waals surface area contributed by atoms with Crippen molar-refractivity contribution in [1.29, 1.82) is 0 Å². The summed E-state index contributed by atoms with van der Waals surface area (Å²) in [5.41, 5.74) is 0. The van der Waals surface area contributed by atoms with Crippen molar-refractivity contribution in [3.05, 3.63) is 0 Å². The molecule has 2 aliphatic rings. The Bertz CT molecular complexity index is 1020. The van der Waals surface area contributed by atoms with E-state index in [1.165, 1.54) is 0 Å². The topological polar surface area (TPSA) is 320 Å². The number of rotatable bonds is 10. The zero-order valence-electron chi connectivity index (χ0n) is 16.9. The molecule has 2 saturated heterocycles. The molecule has 0 spiro atoms. The first-order chi connectivity index (χ1) is 15.8. The zero-order chi connectivity index (χ0) is 26.9. The van der Waals surface area contributed by atoms with Gasteiger partial charge in [-0.05, 0) is 0 Å².